The molecule has 2 amide bonds. The fraction of sp³-hybridized carbons (Fsp3) is 0.0741. The van der Waals surface area contributed by atoms with Crippen LogP contribution in [0.5, 0.6) is 0 Å². The van der Waals surface area contributed by atoms with Gasteiger partial charge in [0.2, 0.25) is 0 Å². The van der Waals surface area contributed by atoms with Crippen molar-refractivity contribution in [1.29, 1.82) is 0 Å². The van der Waals surface area contributed by atoms with Gasteiger partial charge in [-0.1, -0.05) is 59.6 Å². The average Bonchev–Trinajstić information content (AvgIpc) is 3.29. The van der Waals surface area contributed by atoms with E-state index in [1.807, 2.05) is 36.4 Å². The van der Waals surface area contributed by atoms with E-state index in [9.17, 15) is 9.59 Å². The third-order valence-electron chi connectivity index (χ3n) is 5.85. The number of rotatable bonds is 5. The van der Waals surface area contributed by atoms with Crippen molar-refractivity contribution in [2.75, 3.05) is 16.0 Å². The number of para-hydroxylation sites is 1. The highest BCUT2D eigenvalue weighted by atomic mass is 35.5. The van der Waals surface area contributed by atoms with Crippen molar-refractivity contribution in [1.82, 2.24) is 9.78 Å². The molecule has 1 aliphatic rings. The second-order valence-electron chi connectivity index (χ2n) is 8.22. The largest absolute Gasteiger partial charge is 0.343 e. The summed E-state index contributed by atoms with van der Waals surface area (Å²) in [6.45, 7) is 1.79. The number of benzene rings is 3. The Balaban J connectivity index is 1.55. The molecule has 36 heavy (non-hydrogen) atoms. The zero-order valence-corrected chi connectivity index (χ0v) is 20.6. The zero-order valence-electron chi connectivity index (χ0n) is 19.1. The maximum atomic E-state index is 13.5. The van der Waals surface area contributed by atoms with Crippen LogP contribution in [-0.4, -0.2) is 21.6 Å². The average molecular weight is 518 g/mol. The number of amides is 2. The molecule has 1 aromatic heterocycles. The van der Waals surface area contributed by atoms with Crippen LogP contribution in [0.25, 0.3) is 0 Å². The predicted octanol–water partition coefficient (Wildman–Crippen LogP) is 6.37. The van der Waals surface area contributed by atoms with Crippen LogP contribution < -0.4 is 16.0 Å². The molecule has 0 spiro atoms. The summed E-state index contributed by atoms with van der Waals surface area (Å²) in [5, 5.41) is 14.6. The molecule has 4 aromatic rings. The van der Waals surface area contributed by atoms with Crippen LogP contribution in [0.1, 0.15) is 28.9 Å². The van der Waals surface area contributed by atoms with E-state index in [4.69, 9.17) is 23.2 Å². The van der Waals surface area contributed by atoms with Gasteiger partial charge in [-0.05, 0) is 49.4 Å². The monoisotopic (exact) mass is 517 g/mol. The first-order valence-corrected chi connectivity index (χ1v) is 11.9. The van der Waals surface area contributed by atoms with Crippen molar-refractivity contribution >= 4 is 52.2 Å². The van der Waals surface area contributed by atoms with Crippen LogP contribution >= 0.6 is 23.2 Å². The Morgan fingerprint density at radius 1 is 0.861 bits per heavy atom. The number of nitrogens with zero attached hydrogens (tertiary/aromatic N) is 2. The number of nitrogens with one attached hydrogen (secondary N) is 3. The lowest BCUT2D eigenvalue weighted by Crippen LogP contribution is -2.32. The number of allylic oxidation sites excluding steroid dienone is 1. The molecule has 3 N–H and O–H groups in total. The van der Waals surface area contributed by atoms with Crippen LogP contribution in [0.4, 0.5) is 17.2 Å². The minimum absolute atomic E-state index is 0.324. The molecule has 0 radical (unpaired) electrons. The molecule has 1 atom stereocenters. The molecule has 0 unspecified atom stereocenters. The van der Waals surface area contributed by atoms with Crippen LogP contribution in [0.2, 0.25) is 10.0 Å². The van der Waals surface area contributed by atoms with Gasteiger partial charge in [-0.25, -0.2) is 4.68 Å². The number of hydrogen-bond donors (Lipinski definition) is 3. The standard InChI is InChI=1S/C27H21Cl2N5O2/c1-16-23(27(36)33-19-13-11-17(28)12-14-19)24(20-9-5-6-10-22(20)29)34-25(31-16)21(15-30-34)26(35)32-18-7-3-2-4-8-18/h2-15,24,31H,1H3,(H,32,35)(H,33,36)/t24-/m1/s1. The van der Waals surface area contributed by atoms with E-state index < -0.39 is 6.04 Å². The summed E-state index contributed by atoms with van der Waals surface area (Å²) in [4.78, 5) is 26.7. The van der Waals surface area contributed by atoms with Crippen molar-refractivity contribution in [3.05, 3.63) is 118 Å². The molecule has 180 valence electrons. The van der Waals surface area contributed by atoms with E-state index in [-0.39, 0.29) is 11.8 Å². The van der Waals surface area contributed by atoms with Gasteiger partial charge in [0, 0.05) is 32.7 Å². The van der Waals surface area contributed by atoms with Gasteiger partial charge in [-0.3, -0.25) is 9.59 Å². The van der Waals surface area contributed by atoms with Crippen molar-refractivity contribution in [2.45, 2.75) is 13.0 Å². The first-order chi connectivity index (χ1) is 17.4. The molecular weight excluding hydrogens is 497 g/mol. The minimum atomic E-state index is -0.666. The van der Waals surface area contributed by atoms with Gasteiger partial charge < -0.3 is 16.0 Å². The van der Waals surface area contributed by atoms with Crippen LogP contribution in [0, 0.1) is 0 Å². The Hall–Kier alpha value is -4.07. The van der Waals surface area contributed by atoms with Gasteiger partial charge in [0.15, 0.2) is 0 Å². The highest BCUT2D eigenvalue weighted by molar-refractivity contribution is 6.31. The third-order valence-corrected chi connectivity index (χ3v) is 6.44. The Morgan fingerprint density at radius 3 is 2.22 bits per heavy atom. The van der Waals surface area contributed by atoms with Crippen LogP contribution in [0.3, 0.4) is 0 Å². The van der Waals surface area contributed by atoms with E-state index in [1.165, 1.54) is 6.20 Å². The Labute approximate surface area is 217 Å². The summed E-state index contributed by atoms with van der Waals surface area (Å²) in [6, 6.07) is 22.6. The summed E-state index contributed by atoms with van der Waals surface area (Å²) < 4.78 is 1.62. The van der Waals surface area contributed by atoms with Crippen molar-refractivity contribution in [2.24, 2.45) is 0 Å². The fourth-order valence-corrected chi connectivity index (χ4v) is 4.52. The van der Waals surface area contributed by atoms with Crippen molar-refractivity contribution in [3.63, 3.8) is 0 Å². The molecule has 0 fully saturated rings. The van der Waals surface area contributed by atoms with Gasteiger partial charge in [0.25, 0.3) is 11.8 Å². The maximum absolute atomic E-state index is 13.5. The third kappa shape index (κ3) is 4.58. The number of carbonyl (C=O) groups excluding carboxylic acids is 2. The molecule has 3 aromatic carbocycles. The molecule has 0 aliphatic carbocycles. The topological polar surface area (TPSA) is 88.0 Å². The molecule has 0 bridgehead atoms. The van der Waals surface area contributed by atoms with Crippen LogP contribution in [-0.2, 0) is 4.79 Å². The molecule has 0 saturated heterocycles. The molecule has 0 saturated carbocycles. The Bertz CT molecular complexity index is 1480. The van der Waals surface area contributed by atoms with Crippen molar-refractivity contribution < 1.29 is 9.59 Å². The normalized spacial score (nSPS) is 14.6. The minimum Gasteiger partial charge on any atom is -0.343 e. The Kier molecular flexibility index (Phi) is 6.50. The van der Waals surface area contributed by atoms with Gasteiger partial charge in [0.05, 0.1) is 11.8 Å². The van der Waals surface area contributed by atoms with Gasteiger partial charge in [0.1, 0.15) is 17.4 Å². The lowest BCUT2D eigenvalue weighted by Gasteiger charge is -2.30. The van der Waals surface area contributed by atoms with E-state index in [0.29, 0.717) is 49.6 Å². The maximum Gasteiger partial charge on any atom is 0.261 e. The number of carbonyl (C=O) groups is 2. The fourth-order valence-electron chi connectivity index (χ4n) is 4.15. The molecule has 2 heterocycles. The van der Waals surface area contributed by atoms with Gasteiger partial charge >= 0.3 is 0 Å². The molecule has 9 heteroatoms. The molecule has 5 rings (SSSR count). The lowest BCUT2D eigenvalue weighted by atomic mass is 9.94. The van der Waals surface area contributed by atoms with E-state index in [0.717, 1.165) is 0 Å². The van der Waals surface area contributed by atoms with E-state index >= 15 is 0 Å². The summed E-state index contributed by atoms with van der Waals surface area (Å²) in [6.07, 6.45) is 1.48. The summed E-state index contributed by atoms with van der Waals surface area (Å²) >= 11 is 12.6. The molecule has 7 nitrogen and oxygen atoms in total. The SMILES string of the molecule is CC1=C(C(=O)Nc2ccc(Cl)cc2)[C@@H](c2ccccc2Cl)n2ncc(C(=O)Nc3ccccc3)c2N1. The molecule has 1 aliphatic heterocycles. The summed E-state index contributed by atoms with van der Waals surface area (Å²) in [7, 11) is 0. The lowest BCUT2D eigenvalue weighted by molar-refractivity contribution is -0.113. The van der Waals surface area contributed by atoms with Crippen molar-refractivity contribution in [3.8, 4) is 0 Å². The predicted molar refractivity (Wildman–Crippen MR) is 143 cm³/mol. The highest BCUT2D eigenvalue weighted by Crippen LogP contribution is 2.40. The highest BCUT2D eigenvalue weighted by Gasteiger charge is 2.36. The Morgan fingerprint density at radius 2 is 1.50 bits per heavy atom. The number of hydrogen-bond acceptors (Lipinski definition) is 4. The van der Waals surface area contributed by atoms with E-state index in [1.54, 1.807) is 54.1 Å². The quantitative estimate of drug-likeness (QED) is 0.287. The number of fused-ring (bicyclic) bond motifs is 1. The summed E-state index contributed by atoms with van der Waals surface area (Å²) in [5.74, 6) is -0.188. The van der Waals surface area contributed by atoms with Gasteiger partial charge in [-0.15, -0.1) is 0 Å². The van der Waals surface area contributed by atoms with E-state index in [2.05, 4.69) is 21.0 Å². The smallest absolute Gasteiger partial charge is 0.261 e. The second-order valence-corrected chi connectivity index (χ2v) is 9.06. The van der Waals surface area contributed by atoms with Crippen LogP contribution in [0.15, 0.2) is 96.3 Å². The number of anilines is 3. The zero-order chi connectivity index (χ0) is 25.2. The number of halogens is 2. The summed E-state index contributed by atoms with van der Waals surface area (Å²) in [5.41, 5.74) is 3.28. The second kappa shape index (κ2) is 9.89. The first-order valence-electron chi connectivity index (χ1n) is 11.2. The number of aromatic nitrogens is 2. The first kappa shape index (κ1) is 23.7. The van der Waals surface area contributed by atoms with Gasteiger partial charge in [-0.2, -0.15) is 5.10 Å². The molecular formula is C27H21Cl2N5O2.